The highest BCUT2D eigenvalue weighted by molar-refractivity contribution is 5.85. The van der Waals surface area contributed by atoms with Crippen molar-refractivity contribution in [2.24, 2.45) is 5.92 Å². The number of hydrogen-bond donors (Lipinski definition) is 0. The maximum Gasteiger partial charge on any atom is 0.151 e. The summed E-state index contributed by atoms with van der Waals surface area (Å²) in [6.45, 7) is 2.95. The molecule has 1 unspecified atom stereocenters. The molecule has 0 spiro atoms. The van der Waals surface area contributed by atoms with Crippen LogP contribution in [0, 0.1) is 5.92 Å². The van der Waals surface area contributed by atoms with Gasteiger partial charge in [-0.1, -0.05) is 0 Å². The molecule has 2 fully saturated rings. The number of Topliss-reactive ketones (excluding diaryl/α,β-unsaturated/α-hetero) is 1. The summed E-state index contributed by atoms with van der Waals surface area (Å²) in [6, 6.07) is 0. The van der Waals surface area contributed by atoms with Gasteiger partial charge in [0, 0.05) is 12.5 Å². The van der Waals surface area contributed by atoms with E-state index in [1.54, 1.807) is 0 Å². The zero-order chi connectivity index (χ0) is 6.27. The van der Waals surface area contributed by atoms with Gasteiger partial charge in [0.2, 0.25) is 0 Å². The first-order valence-corrected chi connectivity index (χ1v) is 3.61. The Morgan fingerprint density at radius 3 is 3.11 bits per heavy atom. The van der Waals surface area contributed by atoms with Gasteiger partial charge < -0.3 is 0 Å². The first kappa shape index (κ1) is 5.42. The summed E-state index contributed by atoms with van der Waals surface area (Å²) in [4.78, 5) is 13.3. The zero-order valence-electron chi connectivity index (χ0n) is 5.47. The van der Waals surface area contributed by atoms with Crippen molar-refractivity contribution >= 4 is 5.78 Å². The third-order valence-corrected chi connectivity index (χ3v) is 2.34. The van der Waals surface area contributed by atoms with Crippen molar-refractivity contribution < 1.29 is 4.79 Å². The zero-order valence-corrected chi connectivity index (χ0v) is 5.47. The monoisotopic (exact) mass is 125 g/mol. The van der Waals surface area contributed by atoms with Crippen molar-refractivity contribution in [2.45, 2.75) is 12.8 Å². The quantitative estimate of drug-likeness (QED) is 0.463. The van der Waals surface area contributed by atoms with Crippen LogP contribution in [0.3, 0.4) is 0 Å². The molecule has 2 atom stereocenters. The Balaban J connectivity index is 2.15. The molecule has 2 bridgehead atoms. The number of carbonyl (C=O) groups is 1. The van der Waals surface area contributed by atoms with Gasteiger partial charge in [-0.3, -0.25) is 9.69 Å². The number of ketones is 1. The molecule has 0 radical (unpaired) electrons. The van der Waals surface area contributed by atoms with E-state index in [0.717, 1.165) is 26.1 Å². The lowest BCUT2D eigenvalue weighted by atomic mass is 10.0. The minimum atomic E-state index is 0.416. The molecule has 2 nitrogen and oxygen atoms in total. The van der Waals surface area contributed by atoms with E-state index in [4.69, 9.17) is 0 Å². The maximum atomic E-state index is 11.0. The minimum absolute atomic E-state index is 0.416. The van der Waals surface area contributed by atoms with Gasteiger partial charge in [-0.15, -0.1) is 0 Å². The van der Waals surface area contributed by atoms with Crippen molar-refractivity contribution in [1.82, 2.24) is 4.90 Å². The van der Waals surface area contributed by atoms with Gasteiger partial charge in [0.15, 0.2) is 5.78 Å². The van der Waals surface area contributed by atoms with Crippen LogP contribution in [0.15, 0.2) is 0 Å². The van der Waals surface area contributed by atoms with Gasteiger partial charge >= 0.3 is 0 Å². The summed E-state index contributed by atoms with van der Waals surface area (Å²) in [5.41, 5.74) is 0. The molecule has 0 saturated carbocycles. The minimum Gasteiger partial charge on any atom is -0.298 e. The lowest BCUT2D eigenvalue weighted by Gasteiger charge is -2.19. The van der Waals surface area contributed by atoms with Crippen LogP contribution in [-0.4, -0.2) is 30.3 Å². The Kier molecular flexibility index (Phi) is 1.09. The molecule has 2 saturated heterocycles. The summed E-state index contributed by atoms with van der Waals surface area (Å²) in [5, 5.41) is 0. The summed E-state index contributed by atoms with van der Waals surface area (Å²) < 4.78 is 0. The molecule has 2 heteroatoms. The Morgan fingerprint density at radius 1 is 1.56 bits per heavy atom. The van der Waals surface area contributed by atoms with Crippen LogP contribution in [0.2, 0.25) is 0 Å². The molecule has 0 aromatic carbocycles. The van der Waals surface area contributed by atoms with Crippen LogP contribution in [0.4, 0.5) is 0 Å². The number of fused-ring (bicyclic) bond motifs is 2. The molecule has 2 rings (SSSR count). The summed E-state index contributed by atoms with van der Waals surface area (Å²) >= 11 is 0. The van der Waals surface area contributed by atoms with Gasteiger partial charge in [0.25, 0.3) is 0 Å². The molecule has 0 amide bonds. The topological polar surface area (TPSA) is 20.3 Å². The van der Waals surface area contributed by atoms with E-state index < -0.39 is 0 Å². The fourth-order valence-corrected chi connectivity index (χ4v) is 1.81. The predicted molar refractivity (Wildman–Crippen MR) is 34.2 cm³/mol. The second-order valence-electron chi connectivity index (χ2n) is 3.04. The Morgan fingerprint density at radius 2 is 2.44 bits per heavy atom. The van der Waals surface area contributed by atoms with E-state index in [2.05, 4.69) is 4.90 Å². The molecule has 2 heterocycles. The van der Waals surface area contributed by atoms with Crippen LogP contribution >= 0.6 is 0 Å². The first-order chi connectivity index (χ1) is 4.36. The average molecular weight is 125 g/mol. The molecule has 0 aliphatic carbocycles. The van der Waals surface area contributed by atoms with Crippen molar-refractivity contribution in [3.8, 4) is 0 Å². The largest absolute Gasteiger partial charge is 0.298 e. The number of hydrogen-bond acceptors (Lipinski definition) is 2. The Labute approximate surface area is 54.8 Å². The second kappa shape index (κ2) is 1.81. The third kappa shape index (κ3) is 0.778. The van der Waals surface area contributed by atoms with Crippen molar-refractivity contribution in [3.63, 3.8) is 0 Å². The van der Waals surface area contributed by atoms with Crippen molar-refractivity contribution in [2.75, 3.05) is 19.6 Å². The van der Waals surface area contributed by atoms with E-state index in [-0.39, 0.29) is 0 Å². The van der Waals surface area contributed by atoms with Crippen molar-refractivity contribution in [1.29, 1.82) is 0 Å². The molecule has 0 aromatic rings. The van der Waals surface area contributed by atoms with Gasteiger partial charge in [-0.2, -0.15) is 0 Å². The van der Waals surface area contributed by atoms with Gasteiger partial charge in [0.1, 0.15) is 0 Å². The summed E-state index contributed by atoms with van der Waals surface area (Å²) in [6.07, 6.45) is 2.38. The second-order valence-corrected chi connectivity index (χ2v) is 3.04. The lowest BCUT2D eigenvalue weighted by molar-refractivity contribution is -0.119. The maximum absolute atomic E-state index is 11.0. The molecule has 0 N–H and O–H groups in total. The summed E-state index contributed by atoms with van der Waals surface area (Å²) in [7, 11) is 0. The molecule has 0 aromatic heterocycles. The normalized spacial score (nSPS) is 41.6. The van der Waals surface area contributed by atoms with E-state index in [9.17, 15) is 4.79 Å². The standard InChI is InChI=1S/C7H11NO/c9-7-5-8-3-1-2-6(7)4-8/h6H,1-5H2/t6-/m1/s1. The van der Waals surface area contributed by atoms with Crippen LogP contribution in [0.5, 0.6) is 0 Å². The Bertz CT molecular complexity index is 144. The highest BCUT2D eigenvalue weighted by Crippen LogP contribution is 2.23. The van der Waals surface area contributed by atoms with E-state index in [0.29, 0.717) is 11.7 Å². The molecular weight excluding hydrogens is 114 g/mol. The molecule has 50 valence electrons. The highest BCUT2D eigenvalue weighted by atomic mass is 16.1. The predicted octanol–water partition coefficient (Wildman–Crippen LogP) is 0.281. The molecule has 2 aliphatic rings. The van der Waals surface area contributed by atoms with Crippen LogP contribution in [0.25, 0.3) is 0 Å². The molecule has 2 aliphatic heterocycles. The van der Waals surface area contributed by atoms with Crippen LogP contribution in [-0.2, 0) is 4.79 Å². The van der Waals surface area contributed by atoms with Gasteiger partial charge in [0.05, 0.1) is 6.54 Å². The van der Waals surface area contributed by atoms with Gasteiger partial charge in [-0.25, -0.2) is 0 Å². The fraction of sp³-hybridized carbons (Fsp3) is 0.857. The summed E-state index contributed by atoms with van der Waals surface area (Å²) in [5.74, 6) is 0.895. The number of carbonyl (C=O) groups excluding carboxylic acids is 1. The highest BCUT2D eigenvalue weighted by Gasteiger charge is 2.33. The number of nitrogens with zero attached hydrogens (tertiary/aromatic N) is 1. The number of rotatable bonds is 0. The number of piperidine rings is 1. The van der Waals surface area contributed by atoms with E-state index in [1.165, 1.54) is 6.42 Å². The molecule has 9 heavy (non-hydrogen) atoms. The lowest BCUT2D eigenvalue weighted by Crippen LogP contribution is -2.25. The van der Waals surface area contributed by atoms with Crippen LogP contribution in [0.1, 0.15) is 12.8 Å². The first-order valence-electron chi connectivity index (χ1n) is 3.61. The smallest absolute Gasteiger partial charge is 0.151 e. The van der Waals surface area contributed by atoms with E-state index >= 15 is 0 Å². The van der Waals surface area contributed by atoms with Crippen LogP contribution < -0.4 is 0 Å². The Hall–Kier alpha value is -0.370. The SMILES string of the molecule is O=C1CN2CCC[C@@H]1C2. The fourth-order valence-electron chi connectivity index (χ4n) is 1.81. The van der Waals surface area contributed by atoms with Crippen molar-refractivity contribution in [3.05, 3.63) is 0 Å². The third-order valence-electron chi connectivity index (χ3n) is 2.34. The van der Waals surface area contributed by atoms with E-state index in [1.807, 2.05) is 0 Å². The van der Waals surface area contributed by atoms with Gasteiger partial charge in [-0.05, 0) is 19.4 Å². The average Bonchev–Trinajstić information content (AvgIpc) is 2.09. The molecular formula is C7H11NO.